The van der Waals surface area contributed by atoms with Crippen molar-refractivity contribution in [3.05, 3.63) is 30.3 Å². The molecule has 1 aromatic carbocycles. The first kappa shape index (κ1) is 22.8. The van der Waals surface area contributed by atoms with Crippen LogP contribution in [0.25, 0.3) is 0 Å². The zero-order chi connectivity index (χ0) is 19.4. The molecule has 148 valence electrons. The van der Waals surface area contributed by atoms with E-state index < -0.39 is 10.0 Å². The fourth-order valence-electron chi connectivity index (χ4n) is 2.35. The highest BCUT2D eigenvalue weighted by Crippen LogP contribution is 2.22. The number of hydrogen-bond acceptors (Lipinski definition) is 4. The molecule has 2 N–H and O–H groups in total. The van der Waals surface area contributed by atoms with Crippen molar-refractivity contribution in [2.75, 3.05) is 39.0 Å². The van der Waals surface area contributed by atoms with E-state index in [1.54, 1.807) is 11.8 Å². The number of hydrogen-bond donors (Lipinski definition) is 2. The Bertz CT molecular complexity index is 636. The second-order valence-corrected chi connectivity index (χ2v) is 9.49. The summed E-state index contributed by atoms with van der Waals surface area (Å²) in [4.78, 5) is 5.88. The van der Waals surface area contributed by atoms with E-state index in [4.69, 9.17) is 0 Å². The number of rotatable bonds is 11. The standard InChI is InChI=1S/C18H32N4O2S2/c1-5-19-18(20-13-10-14-22(6-2)26(4,23)24)21-15-16(3)25-17-11-8-7-9-12-17/h7-9,11-12,16H,5-6,10,13-15H2,1-4H3,(H2,19,20,21). The third kappa shape index (κ3) is 9.45. The van der Waals surface area contributed by atoms with Crippen LogP contribution in [0.3, 0.4) is 0 Å². The van der Waals surface area contributed by atoms with Crippen molar-refractivity contribution in [1.82, 2.24) is 14.9 Å². The summed E-state index contributed by atoms with van der Waals surface area (Å²) in [5.74, 6) is 0.774. The van der Waals surface area contributed by atoms with Crippen LogP contribution < -0.4 is 10.6 Å². The minimum atomic E-state index is -3.12. The molecule has 0 heterocycles. The summed E-state index contributed by atoms with van der Waals surface area (Å²) in [7, 11) is -3.12. The number of nitrogens with one attached hydrogen (secondary N) is 2. The molecule has 0 aromatic heterocycles. The van der Waals surface area contributed by atoms with Gasteiger partial charge < -0.3 is 10.6 Å². The molecule has 0 spiro atoms. The summed E-state index contributed by atoms with van der Waals surface area (Å²) < 4.78 is 24.7. The summed E-state index contributed by atoms with van der Waals surface area (Å²) >= 11 is 1.81. The Morgan fingerprint density at radius 3 is 2.50 bits per heavy atom. The van der Waals surface area contributed by atoms with Crippen LogP contribution in [0, 0.1) is 0 Å². The largest absolute Gasteiger partial charge is 0.357 e. The lowest BCUT2D eigenvalue weighted by Crippen LogP contribution is -2.39. The number of nitrogens with zero attached hydrogens (tertiary/aromatic N) is 2. The Kier molecular flexibility index (Phi) is 10.7. The Morgan fingerprint density at radius 2 is 1.92 bits per heavy atom. The molecule has 1 aromatic rings. The quantitative estimate of drug-likeness (QED) is 0.258. The summed E-state index contributed by atoms with van der Waals surface area (Å²) in [6.07, 6.45) is 1.99. The Balaban J connectivity index is 2.43. The lowest BCUT2D eigenvalue weighted by molar-refractivity contribution is 0.424. The van der Waals surface area contributed by atoms with E-state index in [1.165, 1.54) is 15.5 Å². The molecule has 8 heteroatoms. The van der Waals surface area contributed by atoms with Crippen molar-refractivity contribution in [2.24, 2.45) is 4.99 Å². The van der Waals surface area contributed by atoms with E-state index in [9.17, 15) is 8.42 Å². The Hall–Kier alpha value is -1.25. The van der Waals surface area contributed by atoms with Crippen LogP contribution in [0.5, 0.6) is 0 Å². The topological polar surface area (TPSA) is 73.8 Å². The van der Waals surface area contributed by atoms with Gasteiger partial charge in [0, 0.05) is 36.3 Å². The van der Waals surface area contributed by atoms with Gasteiger partial charge in [0.1, 0.15) is 0 Å². The number of sulfonamides is 1. The molecule has 0 amide bonds. The molecule has 26 heavy (non-hydrogen) atoms. The number of aliphatic imine (C=N–C) groups is 1. The SMILES string of the molecule is CCNC(=NCC(C)Sc1ccccc1)NCCCN(CC)S(C)(=O)=O. The van der Waals surface area contributed by atoms with Crippen molar-refractivity contribution in [2.45, 2.75) is 37.3 Å². The number of thioether (sulfide) groups is 1. The van der Waals surface area contributed by atoms with Gasteiger partial charge in [-0.15, -0.1) is 11.8 Å². The predicted molar refractivity (Wildman–Crippen MR) is 112 cm³/mol. The number of guanidine groups is 1. The van der Waals surface area contributed by atoms with Crippen LogP contribution in [0.1, 0.15) is 27.2 Å². The molecule has 0 saturated heterocycles. The molecule has 0 radical (unpaired) electrons. The molecular weight excluding hydrogens is 368 g/mol. The maximum atomic E-state index is 11.6. The van der Waals surface area contributed by atoms with Crippen LogP contribution in [0.4, 0.5) is 0 Å². The van der Waals surface area contributed by atoms with Gasteiger partial charge in [0.2, 0.25) is 10.0 Å². The van der Waals surface area contributed by atoms with E-state index >= 15 is 0 Å². The predicted octanol–water partition coefficient (Wildman–Crippen LogP) is 2.39. The molecule has 1 rings (SSSR count). The highest BCUT2D eigenvalue weighted by molar-refractivity contribution is 8.00. The van der Waals surface area contributed by atoms with Crippen LogP contribution in [0.2, 0.25) is 0 Å². The summed E-state index contributed by atoms with van der Waals surface area (Å²) in [6, 6.07) is 10.3. The van der Waals surface area contributed by atoms with E-state index in [2.05, 4.69) is 34.7 Å². The van der Waals surface area contributed by atoms with Crippen LogP contribution >= 0.6 is 11.8 Å². The molecule has 0 bridgehead atoms. The third-order valence-corrected chi connectivity index (χ3v) is 6.10. The zero-order valence-corrected chi connectivity index (χ0v) is 17.9. The number of benzene rings is 1. The molecule has 6 nitrogen and oxygen atoms in total. The van der Waals surface area contributed by atoms with E-state index in [-0.39, 0.29) is 0 Å². The van der Waals surface area contributed by atoms with Gasteiger partial charge in [0.15, 0.2) is 5.96 Å². The van der Waals surface area contributed by atoms with Gasteiger partial charge in [-0.05, 0) is 25.5 Å². The monoisotopic (exact) mass is 400 g/mol. The average molecular weight is 401 g/mol. The third-order valence-electron chi connectivity index (χ3n) is 3.63. The first-order chi connectivity index (χ1) is 12.4. The molecule has 0 aliphatic rings. The van der Waals surface area contributed by atoms with Gasteiger partial charge in [-0.1, -0.05) is 32.0 Å². The second kappa shape index (κ2) is 12.2. The molecule has 0 aliphatic heterocycles. The molecule has 1 atom stereocenters. The van der Waals surface area contributed by atoms with Crippen LogP contribution in [-0.4, -0.2) is 62.9 Å². The van der Waals surface area contributed by atoms with Crippen molar-refractivity contribution in [3.63, 3.8) is 0 Å². The van der Waals surface area contributed by atoms with Gasteiger partial charge in [-0.25, -0.2) is 12.7 Å². The minimum absolute atomic E-state index is 0.369. The first-order valence-corrected chi connectivity index (χ1v) is 11.8. The summed E-state index contributed by atoms with van der Waals surface area (Å²) in [6.45, 7) is 9.24. The summed E-state index contributed by atoms with van der Waals surface area (Å²) in [5, 5.41) is 6.88. The Morgan fingerprint density at radius 1 is 1.23 bits per heavy atom. The lowest BCUT2D eigenvalue weighted by Gasteiger charge is -2.18. The molecule has 0 saturated carbocycles. The van der Waals surface area contributed by atoms with Gasteiger partial charge in [-0.2, -0.15) is 0 Å². The maximum absolute atomic E-state index is 11.6. The van der Waals surface area contributed by atoms with Gasteiger partial charge in [0.25, 0.3) is 0 Å². The minimum Gasteiger partial charge on any atom is -0.357 e. The van der Waals surface area contributed by atoms with Gasteiger partial charge >= 0.3 is 0 Å². The highest BCUT2D eigenvalue weighted by Gasteiger charge is 2.13. The van der Waals surface area contributed by atoms with Gasteiger partial charge in [-0.3, -0.25) is 4.99 Å². The fraction of sp³-hybridized carbons (Fsp3) is 0.611. The van der Waals surface area contributed by atoms with Crippen molar-refractivity contribution in [1.29, 1.82) is 0 Å². The van der Waals surface area contributed by atoms with E-state index in [1.807, 2.05) is 32.0 Å². The second-order valence-electron chi connectivity index (χ2n) is 6.00. The smallest absolute Gasteiger partial charge is 0.211 e. The van der Waals surface area contributed by atoms with Crippen LogP contribution in [0.15, 0.2) is 40.2 Å². The van der Waals surface area contributed by atoms with Crippen molar-refractivity contribution in [3.8, 4) is 0 Å². The normalized spacial score (nSPS) is 13.7. The van der Waals surface area contributed by atoms with E-state index in [0.29, 0.717) is 31.4 Å². The molecular formula is C18H32N4O2S2. The molecule has 1 unspecified atom stereocenters. The first-order valence-electron chi connectivity index (χ1n) is 9.05. The van der Waals surface area contributed by atoms with Crippen molar-refractivity contribution < 1.29 is 8.42 Å². The molecule has 0 fully saturated rings. The van der Waals surface area contributed by atoms with Crippen LogP contribution in [-0.2, 0) is 10.0 Å². The lowest BCUT2D eigenvalue weighted by atomic mass is 10.4. The highest BCUT2D eigenvalue weighted by atomic mass is 32.2. The average Bonchev–Trinajstić information content (AvgIpc) is 2.59. The zero-order valence-electron chi connectivity index (χ0n) is 16.2. The summed E-state index contributed by atoms with van der Waals surface area (Å²) in [5.41, 5.74) is 0. The Labute approximate surface area is 162 Å². The van der Waals surface area contributed by atoms with Gasteiger partial charge in [0.05, 0.1) is 12.8 Å². The van der Waals surface area contributed by atoms with Crippen molar-refractivity contribution >= 4 is 27.7 Å². The maximum Gasteiger partial charge on any atom is 0.211 e. The van der Waals surface area contributed by atoms with E-state index in [0.717, 1.165) is 18.9 Å². The fourth-order valence-corrected chi connectivity index (χ4v) is 4.21. The molecule has 0 aliphatic carbocycles.